The maximum atomic E-state index is 11.9. The molecular formula is C15H21N3O3S. The van der Waals surface area contributed by atoms with E-state index in [4.69, 9.17) is 4.74 Å². The predicted molar refractivity (Wildman–Crippen MR) is 86.8 cm³/mol. The largest absolute Gasteiger partial charge is 0.497 e. The maximum absolute atomic E-state index is 11.9. The van der Waals surface area contributed by atoms with Gasteiger partial charge in [0.25, 0.3) is 0 Å². The molecule has 1 saturated heterocycles. The van der Waals surface area contributed by atoms with Crippen LogP contribution in [0.2, 0.25) is 0 Å². The number of ether oxygens (including phenoxy) is 1. The van der Waals surface area contributed by atoms with Crippen molar-refractivity contribution >= 4 is 23.7 Å². The number of hydrogen-bond donors (Lipinski definition) is 3. The first kappa shape index (κ1) is 16.5. The zero-order chi connectivity index (χ0) is 15.9. The lowest BCUT2D eigenvalue weighted by Gasteiger charge is -2.28. The van der Waals surface area contributed by atoms with E-state index in [9.17, 15) is 9.59 Å². The SMILES string of the molecule is COc1cccc(CNC(=O)CSC2CC(C)NC(=O)N2)c1. The monoisotopic (exact) mass is 323 g/mol. The van der Waals surface area contributed by atoms with Crippen molar-refractivity contribution in [3.63, 3.8) is 0 Å². The molecule has 3 N–H and O–H groups in total. The number of methoxy groups -OCH3 is 1. The van der Waals surface area contributed by atoms with E-state index >= 15 is 0 Å². The second-order valence-electron chi connectivity index (χ2n) is 5.18. The molecule has 1 heterocycles. The lowest BCUT2D eigenvalue weighted by Crippen LogP contribution is -2.52. The third-order valence-corrected chi connectivity index (χ3v) is 4.42. The summed E-state index contributed by atoms with van der Waals surface area (Å²) in [6.45, 7) is 2.42. The number of hydrogen-bond acceptors (Lipinski definition) is 4. The van der Waals surface area contributed by atoms with Crippen molar-refractivity contribution in [3.05, 3.63) is 29.8 Å². The third kappa shape index (κ3) is 5.14. The quantitative estimate of drug-likeness (QED) is 0.740. The number of carbonyl (C=O) groups is 2. The molecule has 1 aromatic carbocycles. The minimum Gasteiger partial charge on any atom is -0.497 e. The summed E-state index contributed by atoms with van der Waals surface area (Å²) in [6, 6.07) is 7.54. The molecule has 1 fully saturated rings. The van der Waals surface area contributed by atoms with Crippen molar-refractivity contribution < 1.29 is 14.3 Å². The molecule has 2 unspecified atom stereocenters. The van der Waals surface area contributed by atoms with Crippen molar-refractivity contribution in [3.8, 4) is 5.75 Å². The van der Waals surface area contributed by atoms with Crippen LogP contribution in [-0.4, -0.2) is 36.2 Å². The summed E-state index contributed by atoms with van der Waals surface area (Å²) in [5.74, 6) is 1.04. The number of carbonyl (C=O) groups excluding carboxylic acids is 2. The molecule has 0 spiro atoms. The number of amides is 3. The second-order valence-corrected chi connectivity index (χ2v) is 6.37. The summed E-state index contributed by atoms with van der Waals surface area (Å²) in [5.41, 5.74) is 0.987. The highest BCUT2D eigenvalue weighted by molar-refractivity contribution is 8.00. The number of rotatable bonds is 6. The molecule has 0 aromatic heterocycles. The first-order chi connectivity index (χ1) is 10.6. The van der Waals surface area contributed by atoms with Crippen molar-refractivity contribution in [2.45, 2.75) is 31.3 Å². The molecule has 7 heteroatoms. The Labute approximate surface area is 134 Å². The van der Waals surface area contributed by atoms with Crippen LogP contribution in [0, 0.1) is 0 Å². The highest BCUT2D eigenvalue weighted by Crippen LogP contribution is 2.17. The average Bonchev–Trinajstić information content (AvgIpc) is 2.50. The Morgan fingerprint density at radius 2 is 2.27 bits per heavy atom. The second kappa shape index (κ2) is 7.93. The van der Waals surface area contributed by atoms with Gasteiger partial charge in [-0.1, -0.05) is 12.1 Å². The van der Waals surface area contributed by atoms with E-state index < -0.39 is 0 Å². The van der Waals surface area contributed by atoms with Gasteiger partial charge in [-0.15, -0.1) is 11.8 Å². The van der Waals surface area contributed by atoms with Gasteiger partial charge in [0.15, 0.2) is 0 Å². The van der Waals surface area contributed by atoms with E-state index in [-0.39, 0.29) is 23.4 Å². The molecule has 1 aliphatic rings. The highest BCUT2D eigenvalue weighted by atomic mass is 32.2. The van der Waals surface area contributed by atoms with Crippen LogP contribution < -0.4 is 20.7 Å². The van der Waals surface area contributed by atoms with Crippen LogP contribution in [0.15, 0.2) is 24.3 Å². The van der Waals surface area contributed by atoms with Crippen LogP contribution in [0.25, 0.3) is 0 Å². The molecule has 0 radical (unpaired) electrons. The summed E-state index contributed by atoms with van der Waals surface area (Å²) in [4.78, 5) is 23.2. The Bertz CT molecular complexity index is 539. The lowest BCUT2D eigenvalue weighted by molar-refractivity contribution is -0.118. The summed E-state index contributed by atoms with van der Waals surface area (Å²) in [6.07, 6.45) is 0.805. The van der Waals surface area contributed by atoms with Crippen molar-refractivity contribution in [1.82, 2.24) is 16.0 Å². The number of thioether (sulfide) groups is 1. The summed E-state index contributed by atoms with van der Waals surface area (Å²) >= 11 is 1.45. The summed E-state index contributed by atoms with van der Waals surface area (Å²) < 4.78 is 5.15. The van der Waals surface area contributed by atoms with Gasteiger partial charge in [-0.05, 0) is 31.0 Å². The lowest BCUT2D eigenvalue weighted by atomic mass is 10.2. The molecule has 2 rings (SSSR count). The van der Waals surface area contributed by atoms with Gasteiger partial charge in [-0.3, -0.25) is 4.79 Å². The Morgan fingerprint density at radius 1 is 1.45 bits per heavy atom. The molecule has 2 atom stereocenters. The predicted octanol–water partition coefficient (Wildman–Crippen LogP) is 1.46. The van der Waals surface area contributed by atoms with E-state index in [1.54, 1.807) is 7.11 Å². The first-order valence-corrected chi connectivity index (χ1v) is 8.20. The molecule has 0 bridgehead atoms. The van der Waals surface area contributed by atoms with Crippen molar-refractivity contribution in [1.29, 1.82) is 0 Å². The number of urea groups is 1. The Kier molecular flexibility index (Phi) is 5.94. The minimum atomic E-state index is -0.173. The maximum Gasteiger partial charge on any atom is 0.315 e. The Morgan fingerprint density at radius 3 is 3.00 bits per heavy atom. The van der Waals surface area contributed by atoms with Crippen LogP contribution in [0.4, 0.5) is 4.79 Å². The Balaban J connectivity index is 1.72. The van der Waals surface area contributed by atoms with E-state index in [0.717, 1.165) is 17.7 Å². The van der Waals surface area contributed by atoms with Gasteiger partial charge in [-0.2, -0.15) is 0 Å². The first-order valence-electron chi connectivity index (χ1n) is 7.15. The van der Waals surface area contributed by atoms with Gasteiger partial charge in [0.2, 0.25) is 5.91 Å². The molecule has 1 aromatic rings. The molecular weight excluding hydrogens is 302 g/mol. The zero-order valence-electron chi connectivity index (χ0n) is 12.7. The van der Waals surface area contributed by atoms with E-state index in [0.29, 0.717) is 12.3 Å². The van der Waals surface area contributed by atoms with Crippen LogP contribution in [0.3, 0.4) is 0 Å². The summed E-state index contributed by atoms with van der Waals surface area (Å²) in [7, 11) is 1.61. The third-order valence-electron chi connectivity index (χ3n) is 3.28. The fourth-order valence-corrected chi connectivity index (χ4v) is 3.24. The molecule has 1 aliphatic heterocycles. The number of benzene rings is 1. The molecule has 0 aliphatic carbocycles. The van der Waals surface area contributed by atoms with Crippen molar-refractivity contribution in [2.75, 3.05) is 12.9 Å². The van der Waals surface area contributed by atoms with Gasteiger partial charge in [-0.25, -0.2) is 4.79 Å². The van der Waals surface area contributed by atoms with Crippen LogP contribution in [0.5, 0.6) is 5.75 Å². The molecule has 22 heavy (non-hydrogen) atoms. The van der Waals surface area contributed by atoms with Gasteiger partial charge in [0.05, 0.1) is 18.2 Å². The zero-order valence-corrected chi connectivity index (χ0v) is 13.5. The normalized spacial score (nSPS) is 20.7. The van der Waals surface area contributed by atoms with Gasteiger partial charge in [0, 0.05) is 12.6 Å². The summed E-state index contributed by atoms with van der Waals surface area (Å²) in [5, 5.41) is 8.43. The molecule has 120 valence electrons. The van der Waals surface area contributed by atoms with Gasteiger partial charge in [0.1, 0.15) is 5.75 Å². The molecule has 0 saturated carbocycles. The van der Waals surface area contributed by atoms with E-state index in [1.165, 1.54) is 11.8 Å². The van der Waals surface area contributed by atoms with Gasteiger partial charge < -0.3 is 20.7 Å². The van der Waals surface area contributed by atoms with E-state index in [1.807, 2.05) is 31.2 Å². The topological polar surface area (TPSA) is 79.5 Å². The van der Waals surface area contributed by atoms with Gasteiger partial charge >= 0.3 is 6.03 Å². The smallest absolute Gasteiger partial charge is 0.315 e. The number of nitrogens with one attached hydrogen (secondary N) is 3. The minimum absolute atomic E-state index is 0.0219. The van der Waals surface area contributed by atoms with Crippen LogP contribution in [0.1, 0.15) is 18.9 Å². The Hall–Kier alpha value is -1.89. The fraction of sp³-hybridized carbons (Fsp3) is 0.467. The highest BCUT2D eigenvalue weighted by Gasteiger charge is 2.23. The van der Waals surface area contributed by atoms with Crippen LogP contribution >= 0.6 is 11.8 Å². The van der Waals surface area contributed by atoms with Crippen molar-refractivity contribution in [2.24, 2.45) is 0 Å². The standard InChI is InChI=1S/C15H21N3O3S/c1-10-6-14(18-15(20)17-10)22-9-13(19)16-8-11-4-3-5-12(7-11)21-2/h3-5,7,10,14H,6,8-9H2,1-2H3,(H,16,19)(H2,17,18,20). The van der Waals surface area contributed by atoms with E-state index in [2.05, 4.69) is 16.0 Å². The molecule has 6 nitrogen and oxygen atoms in total. The average molecular weight is 323 g/mol. The fourth-order valence-electron chi connectivity index (χ4n) is 2.17. The molecule has 3 amide bonds. The van der Waals surface area contributed by atoms with Crippen LogP contribution in [-0.2, 0) is 11.3 Å².